The highest BCUT2D eigenvalue weighted by Crippen LogP contribution is 2.15. The second kappa shape index (κ2) is 6.67. The summed E-state index contributed by atoms with van der Waals surface area (Å²) >= 11 is 0. The molecule has 0 radical (unpaired) electrons. The Balaban J connectivity index is 1.93. The molecule has 0 saturated heterocycles. The summed E-state index contributed by atoms with van der Waals surface area (Å²) in [7, 11) is 0. The lowest BCUT2D eigenvalue weighted by Crippen LogP contribution is -2.30. The number of nitrogens with one attached hydrogen (secondary N) is 1. The largest absolute Gasteiger partial charge is 0.307 e. The Morgan fingerprint density at radius 2 is 1.75 bits per heavy atom. The molecule has 0 fully saturated rings. The van der Waals surface area contributed by atoms with Crippen molar-refractivity contribution < 1.29 is 4.39 Å². The van der Waals surface area contributed by atoms with Crippen LogP contribution in [-0.4, -0.2) is 6.04 Å². The van der Waals surface area contributed by atoms with E-state index in [0.717, 1.165) is 12.0 Å². The predicted octanol–water partition coefficient (Wildman–Crippen LogP) is 4.42. The van der Waals surface area contributed by atoms with Crippen molar-refractivity contribution in [2.24, 2.45) is 0 Å². The summed E-state index contributed by atoms with van der Waals surface area (Å²) in [5.41, 5.74) is 3.58. The quantitative estimate of drug-likeness (QED) is 0.849. The molecule has 2 aromatic carbocycles. The molecule has 1 nitrogen and oxygen atoms in total. The first kappa shape index (κ1) is 14.7. The maximum Gasteiger partial charge on any atom is 0.123 e. The van der Waals surface area contributed by atoms with Crippen molar-refractivity contribution >= 4 is 0 Å². The van der Waals surface area contributed by atoms with Gasteiger partial charge in [-0.1, -0.05) is 42.0 Å². The number of aryl methyl sites for hydroxylation is 1. The van der Waals surface area contributed by atoms with E-state index in [1.54, 1.807) is 12.1 Å². The van der Waals surface area contributed by atoms with Crippen molar-refractivity contribution in [2.75, 3.05) is 0 Å². The van der Waals surface area contributed by atoms with Gasteiger partial charge in [-0.15, -0.1) is 0 Å². The minimum absolute atomic E-state index is 0.165. The van der Waals surface area contributed by atoms with Crippen LogP contribution in [0.25, 0.3) is 0 Å². The first-order valence-corrected chi connectivity index (χ1v) is 7.11. The van der Waals surface area contributed by atoms with Gasteiger partial charge >= 0.3 is 0 Å². The Morgan fingerprint density at radius 3 is 2.40 bits per heavy atom. The van der Waals surface area contributed by atoms with Crippen LogP contribution in [0.2, 0.25) is 0 Å². The summed E-state index contributed by atoms with van der Waals surface area (Å²) in [5, 5.41) is 3.56. The third-order valence-electron chi connectivity index (χ3n) is 3.54. The highest BCUT2D eigenvalue weighted by atomic mass is 19.1. The van der Waals surface area contributed by atoms with Crippen molar-refractivity contribution in [3.05, 3.63) is 71.0 Å². The minimum Gasteiger partial charge on any atom is -0.307 e. The van der Waals surface area contributed by atoms with Crippen LogP contribution in [0.3, 0.4) is 0 Å². The van der Waals surface area contributed by atoms with Crippen LogP contribution in [0.4, 0.5) is 4.39 Å². The van der Waals surface area contributed by atoms with Gasteiger partial charge in [-0.2, -0.15) is 0 Å². The van der Waals surface area contributed by atoms with E-state index in [1.165, 1.54) is 17.2 Å². The molecule has 0 spiro atoms. The van der Waals surface area contributed by atoms with E-state index < -0.39 is 0 Å². The molecule has 0 amide bonds. The van der Waals surface area contributed by atoms with Crippen molar-refractivity contribution in [1.82, 2.24) is 5.32 Å². The molecule has 2 aromatic rings. The number of hydrogen-bond donors (Lipinski definition) is 1. The third kappa shape index (κ3) is 4.17. The summed E-state index contributed by atoms with van der Waals surface area (Å²) in [6.45, 7) is 6.39. The van der Waals surface area contributed by atoms with Gasteiger partial charge in [0, 0.05) is 12.1 Å². The average molecular weight is 271 g/mol. The van der Waals surface area contributed by atoms with Crippen LogP contribution in [0.5, 0.6) is 0 Å². The van der Waals surface area contributed by atoms with Gasteiger partial charge in [-0.05, 0) is 50.5 Å². The Labute approximate surface area is 120 Å². The van der Waals surface area contributed by atoms with Gasteiger partial charge in [0.05, 0.1) is 0 Å². The minimum atomic E-state index is -0.165. The molecule has 0 saturated carbocycles. The van der Waals surface area contributed by atoms with Crippen molar-refractivity contribution in [3.63, 3.8) is 0 Å². The topological polar surface area (TPSA) is 12.0 Å². The third-order valence-corrected chi connectivity index (χ3v) is 3.54. The molecule has 106 valence electrons. The fraction of sp³-hybridized carbons (Fsp3) is 0.333. The monoisotopic (exact) mass is 271 g/mol. The van der Waals surface area contributed by atoms with Crippen LogP contribution in [0.1, 0.15) is 36.6 Å². The van der Waals surface area contributed by atoms with Crippen LogP contribution in [-0.2, 0) is 6.42 Å². The van der Waals surface area contributed by atoms with E-state index in [0.29, 0.717) is 12.1 Å². The number of halogens is 1. The molecule has 0 heterocycles. The molecule has 2 heteroatoms. The fourth-order valence-electron chi connectivity index (χ4n) is 2.45. The van der Waals surface area contributed by atoms with Crippen molar-refractivity contribution in [3.8, 4) is 0 Å². The zero-order chi connectivity index (χ0) is 14.5. The lowest BCUT2D eigenvalue weighted by molar-refractivity contribution is 0.476. The smallest absolute Gasteiger partial charge is 0.123 e. The van der Waals surface area contributed by atoms with Gasteiger partial charge in [-0.3, -0.25) is 0 Å². The van der Waals surface area contributed by atoms with E-state index in [1.807, 2.05) is 6.07 Å². The summed E-state index contributed by atoms with van der Waals surface area (Å²) in [5.74, 6) is -0.165. The Hall–Kier alpha value is -1.67. The van der Waals surface area contributed by atoms with E-state index in [2.05, 4.69) is 50.4 Å². The van der Waals surface area contributed by atoms with Gasteiger partial charge in [0.1, 0.15) is 5.82 Å². The Morgan fingerprint density at radius 1 is 1.05 bits per heavy atom. The number of benzene rings is 2. The van der Waals surface area contributed by atoms with Crippen LogP contribution in [0, 0.1) is 12.7 Å². The molecule has 2 atom stereocenters. The van der Waals surface area contributed by atoms with Gasteiger partial charge in [0.25, 0.3) is 0 Å². The molecule has 1 unspecified atom stereocenters. The van der Waals surface area contributed by atoms with Gasteiger partial charge < -0.3 is 5.32 Å². The van der Waals surface area contributed by atoms with Crippen LogP contribution in [0.15, 0.2) is 48.5 Å². The molecule has 20 heavy (non-hydrogen) atoms. The maximum atomic E-state index is 13.2. The molecule has 2 rings (SSSR count). The summed E-state index contributed by atoms with van der Waals surface area (Å²) in [6, 6.07) is 16.0. The zero-order valence-electron chi connectivity index (χ0n) is 12.4. The SMILES string of the molecule is Cc1ccc([C@H](C)NC(C)Cc2cccc(F)c2)cc1. The summed E-state index contributed by atoms with van der Waals surface area (Å²) in [6.07, 6.45) is 0.827. The molecule has 0 aromatic heterocycles. The molecule has 0 aliphatic carbocycles. The zero-order valence-corrected chi connectivity index (χ0v) is 12.4. The summed E-state index contributed by atoms with van der Waals surface area (Å²) in [4.78, 5) is 0. The summed E-state index contributed by atoms with van der Waals surface area (Å²) < 4.78 is 13.2. The second-order valence-corrected chi connectivity index (χ2v) is 5.53. The molecular weight excluding hydrogens is 249 g/mol. The van der Waals surface area contributed by atoms with E-state index in [-0.39, 0.29) is 5.82 Å². The Kier molecular flexibility index (Phi) is 4.91. The average Bonchev–Trinajstić information content (AvgIpc) is 2.39. The highest BCUT2D eigenvalue weighted by molar-refractivity contribution is 5.24. The standard InChI is InChI=1S/C18H22FN/c1-13-7-9-17(10-8-13)15(3)20-14(2)11-16-5-4-6-18(19)12-16/h4-10,12,14-15,20H,11H2,1-3H3/t14?,15-/m0/s1. The second-order valence-electron chi connectivity index (χ2n) is 5.53. The van der Waals surface area contributed by atoms with E-state index in [9.17, 15) is 4.39 Å². The Bertz CT molecular complexity index is 548. The number of rotatable bonds is 5. The molecule has 0 aliphatic rings. The van der Waals surface area contributed by atoms with Gasteiger partial charge in [-0.25, -0.2) is 4.39 Å². The molecular formula is C18H22FN. The first-order valence-electron chi connectivity index (χ1n) is 7.11. The lowest BCUT2D eigenvalue weighted by Gasteiger charge is -2.20. The van der Waals surface area contributed by atoms with Crippen molar-refractivity contribution in [2.45, 2.75) is 39.3 Å². The molecule has 0 aliphatic heterocycles. The van der Waals surface area contributed by atoms with E-state index >= 15 is 0 Å². The lowest BCUT2D eigenvalue weighted by atomic mass is 10.0. The van der Waals surface area contributed by atoms with Gasteiger partial charge in [0.15, 0.2) is 0 Å². The normalized spacial score (nSPS) is 14.0. The molecule has 0 bridgehead atoms. The maximum absolute atomic E-state index is 13.2. The fourth-order valence-corrected chi connectivity index (χ4v) is 2.45. The van der Waals surface area contributed by atoms with E-state index in [4.69, 9.17) is 0 Å². The number of hydrogen-bond acceptors (Lipinski definition) is 1. The van der Waals surface area contributed by atoms with Crippen molar-refractivity contribution in [1.29, 1.82) is 0 Å². The highest BCUT2D eigenvalue weighted by Gasteiger charge is 2.10. The predicted molar refractivity (Wildman–Crippen MR) is 82.3 cm³/mol. The first-order chi connectivity index (χ1) is 9.54. The molecule has 1 N–H and O–H groups in total. The van der Waals surface area contributed by atoms with Crippen LogP contribution < -0.4 is 5.32 Å². The van der Waals surface area contributed by atoms with Gasteiger partial charge in [0.2, 0.25) is 0 Å². The van der Waals surface area contributed by atoms with Crippen LogP contribution >= 0.6 is 0 Å².